The van der Waals surface area contributed by atoms with E-state index in [2.05, 4.69) is 26.0 Å². The molecule has 0 aromatic heterocycles. The van der Waals surface area contributed by atoms with Crippen LogP contribution in [0.4, 0.5) is 0 Å². The Kier molecular flexibility index (Phi) is 12.0. The van der Waals surface area contributed by atoms with E-state index < -0.39 is 0 Å². The minimum Gasteiger partial charge on any atom is -0.300 e. The predicted molar refractivity (Wildman–Crippen MR) is 71.7 cm³/mol. The molecule has 0 amide bonds. The fourth-order valence-electron chi connectivity index (χ4n) is 1.64. The van der Waals surface area contributed by atoms with E-state index in [0.717, 1.165) is 38.5 Å². The maximum Gasteiger partial charge on any atom is 0.132 e. The fraction of sp³-hybridized carbons (Fsp3) is 0.800. The van der Waals surface area contributed by atoms with Crippen LogP contribution >= 0.6 is 0 Å². The summed E-state index contributed by atoms with van der Waals surface area (Å²) in [6, 6.07) is 0. The molecule has 0 spiro atoms. The van der Waals surface area contributed by atoms with Gasteiger partial charge in [0.05, 0.1) is 0 Å². The van der Waals surface area contributed by atoms with Crippen LogP contribution in [0.3, 0.4) is 0 Å². The van der Waals surface area contributed by atoms with Gasteiger partial charge < -0.3 is 0 Å². The Morgan fingerprint density at radius 1 is 0.812 bits per heavy atom. The first-order valence-electron chi connectivity index (χ1n) is 6.98. The smallest absolute Gasteiger partial charge is 0.132 e. The number of Topliss-reactive ketones (excluding diaryl/α,β-unsaturated/α-hetero) is 1. The maximum atomic E-state index is 11.4. The summed E-state index contributed by atoms with van der Waals surface area (Å²) in [7, 11) is 0. The van der Waals surface area contributed by atoms with Gasteiger partial charge in [0.2, 0.25) is 0 Å². The zero-order valence-corrected chi connectivity index (χ0v) is 11.1. The fourth-order valence-corrected chi connectivity index (χ4v) is 1.64. The molecule has 0 N–H and O–H groups in total. The lowest BCUT2D eigenvalue weighted by Crippen LogP contribution is -1.96. The molecule has 0 radical (unpaired) electrons. The molecule has 0 rings (SSSR count). The Morgan fingerprint density at radius 3 is 2.00 bits per heavy atom. The number of carbonyl (C=O) groups excluding carboxylic acids is 1. The monoisotopic (exact) mass is 224 g/mol. The van der Waals surface area contributed by atoms with Gasteiger partial charge in [-0.05, 0) is 32.1 Å². The van der Waals surface area contributed by atoms with E-state index in [1.807, 2.05) is 0 Å². The third-order valence-corrected chi connectivity index (χ3v) is 2.78. The predicted octanol–water partition coefficient (Wildman–Crippen LogP) is 5.05. The van der Waals surface area contributed by atoms with E-state index in [4.69, 9.17) is 0 Å². The van der Waals surface area contributed by atoms with E-state index in [-0.39, 0.29) is 0 Å². The molecule has 16 heavy (non-hydrogen) atoms. The highest BCUT2D eigenvalue weighted by molar-refractivity contribution is 5.78. The molecule has 0 heterocycles. The SMILES string of the molecule is CCCCC=CCCCCC(=O)CCCC. The number of rotatable bonds is 11. The van der Waals surface area contributed by atoms with Crippen molar-refractivity contribution in [2.75, 3.05) is 0 Å². The van der Waals surface area contributed by atoms with Crippen molar-refractivity contribution in [3.63, 3.8) is 0 Å². The van der Waals surface area contributed by atoms with Crippen molar-refractivity contribution < 1.29 is 4.79 Å². The van der Waals surface area contributed by atoms with Gasteiger partial charge in [0.1, 0.15) is 5.78 Å². The summed E-state index contributed by atoms with van der Waals surface area (Å²) in [5, 5.41) is 0. The van der Waals surface area contributed by atoms with Gasteiger partial charge in [0.25, 0.3) is 0 Å². The molecule has 0 aliphatic rings. The topological polar surface area (TPSA) is 17.1 Å². The third kappa shape index (κ3) is 11.5. The molecule has 0 aliphatic heterocycles. The average molecular weight is 224 g/mol. The summed E-state index contributed by atoms with van der Waals surface area (Å²) < 4.78 is 0. The van der Waals surface area contributed by atoms with E-state index in [9.17, 15) is 4.79 Å². The molecule has 0 bridgehead atoms. The van der Waals surface area contributed by atoms with Gasteiger partial charge in [-0.1, -0.05) is 45.3 Å². The van der Waals surface area contributed by atoms with Crippen molar-refractivity contribution >= 4 is 5.78 Å². The van der Waals surface area contributed by atoms with Gasteiger partial charge >= 0.3 is 0 Å². The summed E-state index contributed by atoms with van der Waals surface area (Å²) in [6.45, 7) is 4.35. The van der Waals surface area contributed by atoms with Crippen LogP contribution in [0.1, 0.15) is 78.1 Å². The van der Waals surface area contributed by atoms with Gasteiger partial charge in [-0.3, -0.25) is 4.79 Å². The Hall–Kier alpha value is -0.590. The Morgan fingerprint density at radius 2 is 1.38 bits per heavy atom. The van der Waals surface area contributed by atoms with Gasteiger partial charge in [-0.25, -0.2) is 0 Å². The van der Waals surface area contributed by atoms with Gasteiger partial charge in [-0.2, -0.15) is 0 Å². The number of unbranched alkanes of at least 4 members (excludes halogenated alkanes) is 5. The van der Waals surface area contributed by atoms with Crippen LogP contribution in [0.15, 0.2) is 12.2 Å². The summed E-state index contributed by atoms with van der Waals surface area (Å²) in [6.07, 6.45) is 15.5. The van der Waals surface area contributed by atoms with Crippen LogP contribution in [0.25, 0.3) is 0 Å². The first-order chi connectivity index (χ1) is 7.81. The molecule has 1 nitrogen and oxygen atoms in total. The second kappa shape index (κ2) is 12.5. The molecule has 0 fully saturated rings. The molecular weight excluding hydrogens is 196 g/mol. The average Bonchev–Trinajstić information content (AvgIpc) is 2.30. The molecule has 0 unspecified atom stereocenters. The zero-order chi connectivity index (χ0) is 12.1. The molecule has 1 heteroatoms. The molecule has 0 saturated carbocycles. The largest absolute Gasteiger partial charge is 0.300 e. The molecule has 94 valence electrons. The summed E-state index contributed by atoms with van der Waals surface area (Å²) in [5.74, 6) is 0.455. The van der Waals surface area contributed by atoms with Gasteiger partial charge in [0.15, 0.2) is 0 Å². The number of carbonyl (C=O) groups is 1. The zero-order valence-electron chi connectivity index (χ0n) is 11.1. The minimum atomic E-state index is 0.455. The number of hydrogen-bond acceptors (Lipinski definition) is 1. The van der Waals surface area contributed by atoms with E-state index >= 15 is 0 Å². The highest BCUT2D eigenvalue weighted by Gasteiger charge is 1.99. The molecular formula is C15H28O. The summed E-state index contributed by atoms with van der Waals surface area (Å²) >= 11 is 0. The lowest BCUT2D eigenvalue weighted by molar-refractivity contribution is -0.119. The number of hydrogen-bond donors (Lipinski definition) is 0. The Bertz CT molecular complexity index is 182. The van der Waals surface area contributed by atoms with Crippen molar-refractivity contribution in [2.24, 2.45) is 0 Å². The van der Waals surface area contributed by atoms with Crippen molar-refractivity contribution in [1.29, 1.82) is 0 Å². The second-order valence-corrected chi connectivity index (χ2v) is 4.50. The quantitative estimate of drug-likeness (QED) is 0.354. The Balaban J connectivity index is 3.19. The van der Waals surface area contributed by atoms with Crippen LogP contribution in [-0.2, 0) is 4.79 Å². The van der Waals surface area contributed by atoms with E-state index in [1.54, 1.807) is 0 Å². The Labute approximate surface area is 101 Å². The van der Waals surface area contributed by atoms with Crippen LogP contribution in [0, 0.1) is 0 Å². The van der Waals surface area contributed by atoms with Crippen LogP contribution in [0.2, 0.25) is 0 Å². The molecule has 0 aromatic carbocycles. The van der Waals surface area contributed by atoms with Gasteiger partial charge in [-0.15, -0.1) is 0 Å². The van der Waals surface area contributed by atoms with Crippen molar-refractivity contribution in [3.05, 3.63) is 12.2 Å². The first-order valence-corrected chi connectivity index (χ1v) is 6.98. The van der Waals surface area contributed by atoms with Crippen LogP contribution in [0.5, 0.6) is 0 Å². The van der Waals surface area contributed by atoms with Gasteiger partial charge in [0, 0.05) is 12.8 Å². The first kappa shape index (κ1) is 15.4. The van der Waals surface area contributed by atoms with Crippen molar-refractivity contribution in [2.45, 2.75) is 78.1 Å². The van der Waals surface area contributed by atoms with Crippen LogP contribution in [-0.4, -0.2) is 5.78 Å². The van der Waals surface area contributed by atoms with E-state index in [1.165, 1.54) is 25.7 Å². The lowest BCUT2D eigenvalue weighted by Gasteiger charge is -1.98. The molecule has 0 saturated heterocycles. The number of ketones is 1. The van der Waals surface area contributed by atoms with E-state index in [0.29, 0.717) is 5.78 Å². The standard InChI is InChI=1S/C15H28O/c1-3-5-7-8-9-10-11-12-14-15(16)13-6-4-2/h8-9H,3-7,10-14H2,1-2H3. The highest BCUT2D eigenvalue weighted by atomic mass is 16.1. The highest BCUT2D eigenvalue weighted by Crippen LogP contribution is 2.06. The van der Waals surface area contributed by atoms with Crippen LogP contribution < -0.4 is 0 Å². The second-order valence-electron chi connectivity index (χ2n) is 4.50. The van der Waals surface area contributed by atoms with Crippen molar-refractivity contribution in [1.82, 2.24) is 0 Å². The summed E-state index contributed by atoms with van der Waals surface area (Å²) in [4.78, 5) is 11.4. The maximum absolute atomic E-state index is 11.4. The van der Waals surface area contributed by atoms with Crippen molar-refractivity contribution in [3.8, 4) is 0 Å². The lowest BCUT2D eigenvalue weighted by atomic mass is 10.1. The minimum absolute atomic E-state index is 0.455. The molecule has 0 aromatic rings. The number of allylic oxidation sites excluding steroid dienone is 2. The third-order valence-electron chi connectivity index (χ3n) is 2.78. The molecule has 0 atom stereocenters. The molecule has 0 aliphatic carbocycles. The summed E-state index contributed by atoms with van der Waals surface area (Å²) in [5.41, 5.74) is 0. The normalized spacial score (nSPS) is 11.1.